The molecule has 0 amide bonds. The minimum Gasteiger partial charge on any atom is -0.398 e. The lowest BCUT2D eigenvalue weighted by Gasteiger charge is -2.28. The maximum atomic E-state index is 10.1. The zero-order valence-electron chi connectivity index (χ0n) is 11.8. The third-order valence-electron chi connectivity index (χ3n) is 4.27. The minimum atomic E-state index is -0.187. The number of hydrogen-bond donors (Lipinski definition) is 3. The number of benzene rings is 1. The average Bonchev–Trinajstić information content (AvgIpc) is 2.48. The maximum Gasteiger partial charge on any atom is 0.0954 e. The Balaban J connectivity index is 1.82. The molecule has 2 unspecified atom stereocenters. The van der Waals surface area contributed by atoms with Crippen LogP contribution in [0.5, 0.6) is 0 Å². The van der Waals surface area contributed by atoms with E-state index in [0.717, 1.165) is 52.6 Å². The zero-order valence-corrected chi connectivity index (χ0v) is 13.4. The molecule has 0 aliphatic heterocycles. The van der Waals surface area contributed by atoms with Crippen molar-refractivity contribution in [1.29, 1.82) is 0 Å². The van der Waals surface area contributed by atoms with E-state index < -0.39 is 0 Å². The SMILES string of the molecule is Nc1ccc(NCC2CCCCC2O)c2ncc(Br)cc12. The molecule has 1 aliphatic rings. The number of aromatic nitrogens is 1. The van der Waals surface area contributed by atoms with Crippen LogP contribution < -0.4 is 11.1 Å². The van der Waals surface area contributed by atoms with Crippen LogP contribution >= 0.6 is 15.9 Å². The Morgan fingerprint density at radius 3 is 2.95 bits per heavy atom. The van der Waals surface area contributed by atoms with E-state index in [2.05, 4.69) is 26.2 Å². The second-order valence-corrected chi connectivity index (χ2v) is 6.66. The van der Waals surface area contributed by atoms with Crippen molar-refractivity contribution in [1.82, 2.24) is 4.98 Å². The monoisotopic (exact) mass is 349 g/mol. The summed E-state index contributed by atoms with van der Waals surface area (Å²) in [5.41, 5.74) is 8.61. The van der Waals surface area contributed by atoms with Crippen LogP contribution in [-0.2, 0) is 0 Å². The zero-order chi connectivity index (χ0) is 14.8. The number of nitrogens with zero attached hydrogens (tertiary/aromatic N) is 1. The van der Waals surface area contributed by atoms with Gasteiger partial charge < -0.3 is 16.2 Å². The fourth-order valence-electron chi connectivity index (χ4n) is 3.03. The Hall–Kier alpha value is -1.33. The average molecular weight is 350 g/mol. The number of nitrogens with one attached hydrogen (secondary N) is 1. The van der Waals surface area contributed by atoms with Gasteiger partial charge in [-0.1, -0.05) is 12.8 Å². The van der Waals surface area contributed by atoms with Crippen LogP contribution in [-0.4, -0.2) is 22.7 Å². The van der Waals surface area contributed by atoms with E-state index >= 15 is 0 Å². The van der Waals surface area contributed by atoms with Crippen LogP contribution in [0.15, 0.2) is 28.9 Å². The standard InChI is InChI=1S/C16H20BrN3O/c17-11-7-12-13(18)5-6-14(16(12)20-9-11)19-8-10-3-1-2-4-15(10)21/h5-7,9-10,15,19,21H,1-4,8,18H2. The summed E-state index contributed by atoms with van der Waals surface area (Å²) < 4.78 is 0.918. The van der Waals surface area contributed by atoms with Crippen molar-refractivity contribution in [2.45, 2.75) is 31.8 Å². The number of pyridine rings is 1. The Bertz CT molecular complexity index is 647. The quantitative estimate of drug-likeness (QED) is 0.741. The molecule has 0 radical (unpaired) electrons. The number of nitrogens with two attached hydrogens (primary N) is 1. The number of aliphatic hydroxyl groups is 1. The molecule has 5 heteroatoms. The number of hydrogen-bond acceptors (Lipinski definition) is 4. The van der Waals surface area contributed by atoms with Crippen LogP contribution in [0, 0.1) is 5.92 Å². The normalized spacial score (nSPS) is 22.4. The molecular formula is C16H20BrN3O. The second kappa shape index (κ2) is 6.20. The molecule has 0 spiro atoms. The molecule has 1 heterocycles. The first-order valence-electron chi connectivity index (χ1n) is 7.41. The highest BCUT2D eigenvalue weighted by molar-refractivity contribution is 9.10. The van der Waals surface area contributed by atoms with Crippen molar-refractivity contribution in [3.63, 3.8) is 0 Å². The lowest BCUT2D eigenvalue weighted by molar-refractivity contribution is 0.0763. The summed E-state index contributed by atoms with van der Waals surface area (Å²) >= 11 is 3.43. The third-order valence-corrected chi connectivity index (χ3v) is 4.71. The van der Waals surface area contributed by atoms with Crippen molar-refractivity contribution in [3.05, 3.63) is 28.9 Å². The Kier molecular flexibility index (Phi) is 4.31. The number of aliphatic hydroxyl groups excluding tert-OH is 1. The van der Waals surface area contributed by atoms with Gasteiger partial charge in [-0.05, 0) is 47.0 Å². The fraction of sp³-hybridized carbons (Fsp3) is 0.438. The summed E-state index contributed by atoms with van der Waals surface area (Å²) in [7, 11) is 0. The molecule has 2 aromatic rings. The summed E-state index contributed by atoms with van der Waals surface area (Å²) in [6.07, 6.45) is 5.94. The van der Waals surface area contributed by atoms with Crippen molar-refractivity contribution in [3.8, 4) is 0 Å². The van der Waals surface area contributed by atoms with Gasteiger partial charge in [0.05, 0.1) is 17.3 Å². The van der Waals surface area contributed by atoms with Gasteiger partial charge in [0.15, 0.2) is 0 Å². The van der Waals surface area contributed by atoms with Gasteiger partial charge in [-0.3, -0.25) is 4.98 Å². The first kappa shape index (κ1) is 14.6. The molecule has 2 atom stereocenters. The molecule has 4 nitrogen and oxygen atoms in total. The number of rotatable bonds is 3. The molecule has 1 fully saturated rings. The summed E-state index contributed by atoms with van der Waals surface area (Å²) in [6, 6.07) is 5.85. The molecule has 21 heavy (non-hydrogen) atoms. The minimum absolute atomic E-state index is 0.187. The van der Waals surface area contributed by atoms with E-state index in [-0.39, 0.29) is 6.10 Å². The fourth-order valence-corrected chi connectivity index (χ4v) is 3.36. The molecule has 112 valence electrons. The molecule has 0 bridgehead atoms. The third kappa shape index (κ3) is 3.14. The molecule has 1 aromatic heterocycles. The van der Waals surface area contributed by atoms with Crippen LogP contribution in [0.2, 0.25) is 0 Å². The summed E-state index contributed by atoms with van der Waals surface area (Å²) in [5, 5.41) is 14.4. The van der Waals surface area contributed by atoms with Crippen LogP contribution in [0.25, 0.3) is 10.9 Å². The van der Waals surface area contributed by atoms with E-state index in [0.29, 0.717) is 5.92 Å². The molecule has 4 N–H and O–H groups in total. The van der Waals surface area contributed by atoms with E-state index in [1.54, 1.807) is 6.20 Å². The molecule has 3 rings (SSSR count). The van der Waals surface area contributed by atoms with E-state index in [4.69, 9.17) is 5.73 Å². The summed E-state index contributed by atoms with van der Waals surface area (Å²) in [5.74, 6) is 0.321. The number of nitrogen functional groups attached to an aromatic ring is 1. The number of halogens is 1. The van der Waals surface area contributed by atoms with Gasteiger partial charge in [-0.25, -0.2) is 0 Å². The van der Waals surface area contributed by atoms with Crippen LogP contribution in [0.3, 0.4) is 0 Å². The smallest absolute Gasteiger partial charge is 0.0954 e. The molecule has 1 aliphatic carbocycles. The summed E-state index contributed by atoms with van der Waals surface area (Å²) in [4.78, 5) is 4.47. The van der Waals surface area contributed by atoms with Crippen molar-refractivity contribution in [2.24, 2.45) is 5.92 Å². The topological polar surface area (TPSA) is 71.2 Å². The van der Waals surface area contributed by atoms with Gasteiger partial charge >= 0.3 is 0 Å². The predicted molar refractivity (Wildman–Crippen MR) is 90.3 cm³/mol. The highest BCUT2D eigenvalue weighted by atomic mass is 79.9. The van der Waals surface area contributed by atoms with Gasteiger partial charge in [-0.15, -0.1) is 0 Å². The first-order valence-corrected chi connectivity index (χ1v) is 8.20. The van der Waals surface area contributed by atoms with Gasteiger partial charge in [-0.2, -0.15) is 0 Å². The number of fused-ring (bicyclic) bond motifs is 1. The van der Waals surface area contributed by atoms with Crippen LogP contribution in [0.4, 0.5) is 11.4 Å². The highest BCUT2D eigenvalue weighted by Crippen LogP contribution is 2.30. The largest absolute Gasteiger partial charge is 0.398 e. The van der Waals surface area contributed by atoms with Crippen molar-refractivity contribution in [2.75, 3.05) is 17.6 Å². The number of anilines is 2. The Labute approximate surface area is 132 Å². The van der Waals surface area contributed by atoms with Gasteiger partial charge in [0.25, 0.3) is 0 Å². The predicted octanol–water partition coefficient (Wildman–Crippen LogP) is 3.54. The van der Waals surface area contributed by atoms with Crippen molar-refractivity contribution < 1.29 is 5.11 Å². The Morgan fingerprint density at radius 2 is 2.14 bits per heavy atom. The van der Waals surface area contributed by atoms with Crippen molar-refractivity contribution >= 4 is 38.2 Å². The molecule has 1 saturated carbocycles. The second-order valence-electron chi connectivity index (χ2n) is 5.74. The van der Waals surface area contributed by atoms with E-state index in [1.807, 2.05) is 18.2 Å². The first-order chi connectivity index (χ1) is 10.1. The van der Waals surface area contributed by atoms with Gasteiger partial charge in [0, 0.05) is 34.2 Å². The van der Waals surface area contributed by atoms with E-state index in [9.17, 15) is 5.11 Å². The highest BCUT2D eigenvalue weighted by Gasteiger charge is 2.22. The summed E-state index contributed by atoms with van der Waals surface area (Å²) in [6.45, 7) is 0.776. The molecule has 0 saturated heterocycles. The molecular weight excluding hydrogens is 330 g/mol. The van der Waals surface area contributed by atoms with Gasteiger partial charge in [0.1, 0.15) is 0 Å². The Morgan fingerprint density at radius 1 is 1.33 bits per heavy atom. The lowest BCUT2D eigenvalue weighted by atomic mass is 9.86. The lowest BCUT2D eigenvalue weighted by Crippen LogP contribution is -2.30. The van der Waals surface area contributed by atoms with Crippen LogP contribution in [0.1, 0.15) is 25.7 Å². The van der Waals surface area contributed by atoms with E-state index in [1.165, 1.54) is 6.42 Å². The van der Waals surface area contributed by atoms with Gasteiger partial charge in [0.2, 0.25) is 0 Å². The maximum absolute atomic E-state index is 10.1. The molecule has 1 aromatic carbocycles.